The van der Waals surface area contributed by atoms with Crippen molar-refractivity contribution < 1.29 is 4.79 Å². The third-order valence-electron chi connectivity index (χ3n) is 4.96. The summed E-state index contributed by atoms with van der Waals surface area (Å²) in [5.41, 5.74) is 0.629. The van der Waals surface area contributed by atoms with E-state index in [-0.39, 0.29) is 29.0 Å². The monoisotopic (exact) mass is 446 g/mol. The summed E-state index contributed by atoms with van der Waals surface area (Å²) >= 11 is 5.94. The van der Waals surface area contributed by atoms with Gasteiger partial charge in [-0.1, -0.05) is 50.1 Å². The lowest BCUT2D eigenvalue weighted by Gasteiger charge is -2.12. The zero-order valence-electron chi connectivity index (χ0n) is 17.5. The van der Waals surface area contributed by atoms with Crippen molar-refractivity contribution in [1.29, 1.82) is 0 Å². The van der Waals surface area contributed by atoms with Crippen molar-refractivity contribution >= 4 is 28.8 Å². The topological polar surface area (TPSA) is 114 Å². The number of hydrogen-bond donors (Lipinski definition) is 3. The molecule has 0 aliphatic heterocycles. The number of benzene rings is 1. The van der Waals surface area contributed by atoms with Crippen LogP contribution in [0.5, 0.6) is 0 Å². The van der Waals surface area contributed by atoms with E-state index < -0.39 is 11.2 Å². The molecule has 0 saturated carbocycles. The second-order valence-electron chi connectivity index (χ2n) is 7.27. The van der Waals surface area contributed by atoms with Crippen LogP contribution in [0.1, 0.15) is 38.2 Å². The number of H-pyrrole nitrogens is 1. The molecule has 0 aliphatic rings. The summed E-state index contributed by atoms with van der Waals surface area (Å²) in [6.45, 7) is 3.46. The van der Waals surface area contributed by atoms with Crippen LogP contribution in [0.2, 0.25) is 5.28 Å². The van der Waals surface area contributed by atoms with Gasteiger partial charge in [0.25, 0.3) is 5.56 Å². The lowest BCUT2D eigenvalue weighted by Crippen LogP contribution is -2.41. The molecular formula is C21H27ClN6O3. The van der Waals surface area contributed by atoms with Gasteiger partial charge in [0.05, 0.1) is 0 Å². The molecule has 0 aliphatic carbocycles. The van der Waals surface area contributed by atoms with Crippen molar-refractivity contribution in [1.82, 2.24) is 29.7 Å². The number of aromatic nitrogens is 4. The molecular weight excluding hydrogens is 420 g/mol. The van der Waals surface area contributed by atoms with Gasteiger partial charge in [-0.25, -0.2) is 9.59 Å². The summed E-state index contributed by atoms with van der Waals surface area (Å²) in [7, 11) is 0. The minimum atomic E-state index is -0.459. The van der Waals surface area contributed by atoms with E-state index in [9.17, 15) is 14.4 Å². The maximum Gasteiger partial charge on any atom is 0.332 e. The van der Waals surface area contributed by atoms with Gasteiger partial charge in [0.2, 0.25) is 5.28 Å². The fourth-order valence-corrected chi connectivity index (χ4v) is 3.51. The van der Waals surface area contributed by atoms with Gasteiger partial charge in [-0.15, -0.1) is 0 Å². The summed E-state index contributed by atoms with van der Waals surface area (Å²) in [5.74, 6) is 0. The van der Waals surface area contributed by atoms with Crippen LogP contribution in [-0.4, -0.2) is 31.7 Å². The van der Waals surface area contributed by atoms with Crippen LogP contribution in [0, 0.1) is 0 Å². The molecule has 0 unspecified atom stereocenters. The van der Waals surface area contributed by atoms with Gasteiger partial charge in [0.1, 0.15) is 0 Å². The van der Waals surface area contributed by atoms with Crippen LogP contribution in [0.3, 0.4) is 0 Å². The Morgan fingerprint density at radius 1 is 1.06 bits per heavy atom. The number of imidazole rings is 1. The number of urea groups is 1. The molecule has 2 amide bonds. The third-order valence-corrected chi connectivity index (χ3v) is 5.14. The van der Waals surface area contributed by atoms with E-state index in [1.165, 1.54) is 9.13 Å². The number of amides is 2. The van der Waals surface area contributed by atoms with Crippen LogP contribution < -0.4 is 21.9 Å². The molecule has 3 N–H and O–H groups in total. The van der Waals surface area contributed by atoms with E-state index in [2.05, 4.69) is 27.5 Å². The third kappa shape index (κ3) is 5.75. The molecule has 31 heavy (non-hydrogen) atoms. The number of rotatable bonds is 10. The van der Waals surface area contributed by atoms with Gasteiger partial charge in [0.15, 0.2) is 11.2 Å². The first-order valence-corrected chi connectivity index (χ1v) is 10.8. The number of nitrogens with one attached hydrogen (secondary N) is 3. The maximum atomic E-state index is 12.9. The maximum absolute atomic E-state index is 12.9. The van der Waals surface area contributed by atoms with E-state index in [4.69, 9.17) is 11.6 Å². The van der Waals surface area contributed by atoms with Crippen LogP contribution in [0.25, 0.3) is 11.2 Å². The Labute approximate surface area is 184 Å². The molecule has 0 saturated heterocycles. The SMILES string of the molecule is CCCCCn1c(=O)n(CCCNC(=O)NCc2ccccc2)c(=O)c2[nH]c(Cl)nc21. The molecule has 2 heterocycles. The van der Waals surface area contributed by atoms with Crippen molar-refractivity contribution in [3.8, 4) is 0 Å². The number of hydrogen-bond acceptors (Lipinski definition) is 4. The predicted octanol–water partition coefficient (Wildman–Crippen LogP) is 2.62. The zero-order valence-corrected chi connectivity index (χ0v) is 18.2. The Bertz CT molecular complexity index is 1140. The number of halogens is 1. The fourth-order valence-electron chi connectivity index (χ4n) is 3.34. The Morgan fingerprint density at radius 3 is 2.55 bits per heavy atom. The highest BCUT2D eigenvalue weighted by atomic mass is 35.5. The smallest absolute Gasteiger partial charge is 0.332 e. The summed E-state index contributed by atoms with van der Waals surface area (Å²) in [4.78, 5) is 44.5. The van der Waals surface area contributed by atoms with Crippen molar-refractivity contribution in [3.05, 3.63) is 62.0 Å². The first-order chi connectivity index (χ1) is 15.0. The number of carbonyl (C=O) groups is 1. The van der Waals surface area contributed by atoms with Crippen molar-refractivity contribution in [3.63, 3.8) is 0 Å². The van der Waals surface area contributed by atoms with Gasteiger partial charge in [-0.05, 0) is 30.0 Å². The summed E-state index contributed by atoms with van der Waals surface area (Å²) in [6, 6.07) is 9.28. The van der Waals surface area contributed by atoms with Gasteiger partial charge >= 0.3 is 11.7 Å². The minimum absolute atomic E-state index is 0.0743. The Morgan fingerprint density at radius 2 is 1.81 bits per heavy atom. The molecule has 0 radical (unpaired) electrons. The van der Waals surface area contributed by atoms with E-state index in [1.807, 2.05) is 30.3 Å². The van der Waals surface area contributed by atoms with Gasteiger partial charge in [-0.2, -0.15) is 4.98 Å². The highest BCUT2D eigenvalue weighted by Gasteiger charge is 2.16. The molecule has 1 aromatic carbocycles. The number of fused-ring (bicyclic) bond motifs is 1. The molecule has 2 aromatic heterocycles. The lowest BCUT2D eigenvalue weighted by molar-refractivity contribution is 0.240. The number of carbonyl (C=O) groups excluding carboxylic acids is 1. The second kappa shape index (κ2) is 10.8. The average Bonchev–Trinajstić information content (AvgIpc) is 3.16. The highest BCUT2D eigenvalue weighted by Crippen LogP contribution is 2.10. The molecule has 0 atom stereocenters. The molecule has 0 fully saturated rings. The van der Waals surface area contributed by atoms with Gasteiger partial charge < -0.3 is 15.6 Å². The van der Waals surface area contributed by atoms with Gasteiger partial charge in [0, 0.05) is 26.2 Å². The van der Waals surface area contributed by atoms with Crippen LogP contribution >= 0.6 is 11.6 Å². The van der Waals surface area contributed by atoms with E-state index in [0.29, 0.717) is 26.1 Å². The van der Waals surface area contributed by atoms with Crippen molar-refractivity contribution in [2.45, 2.75) is 52.2 Å². The predicted molar refractivity (Wildman–Crippen MR) is 120 cm³/mol. The summed E-state index contributed by atoms with van der Waals surface area (Å²) < 4.78 is 2.67. The molecule has 9 nitrogen and oxygen atoms in total. The normalized spacial score (nSPS) is 11.0. The summed E-state index contributed by atoms with van der Waals surface area (Å²) in [6.07, 6.45) is 3.21. The Hall–Kier alpha value is -3.07. The standard InChI is InChI=1S/C21H27ClN6O3/c1-2-3-7-12-27-17-16(25-19(22)26-17)18(29)28(21(27)31)13-8-11-23-20(30)24-14-15-9-5-4-6-10-15/h4-6,9-10H,2-3,7-8,11-14H2,1H3,(H,25,26)(H2,23,24,30). The molecule has 0 spiro atoms. The van der Waals surface area contributed by atoms with Crippen LogP contribution in [-0.2, 0) is 19.6 Å². The average molecular weight is 447 g/mol. The highest BCUT2D eigenvalue weighted by molar-refractivity contribution is 6.28. The first kappa shape index (κ1) is 22.6. The Balaban J connectivity index is 1.62. The second-order valence-corrected chi connectivity index (χ2v) is 7.63. The number of aromatic amines is 1. The lowest BCUT2D eigenvalue weighted by atomic mass is 10.2. The van der Waals surface area contributed by atoms with Crippen LogP contribution in [0.4, 0.5) is 4.79 Å². The quantitative estimate of drug-likeness (QED) is 0.328. The number of nitrogens with zero attached hydrogens (tertiary/aromatic N) is 3. The number of unbranched alkanes of at least 4 members (excludes halogenated alkanes) is 2. The summed E-state index contributed by atoms with van der Waals surface area (Å²) in [5, 5.41) is 5.59. The van der Waals surface area contributed by atoms with E-state index in [0.717, 1.165) is 24.8 Å². The minimum Gasteiger partial charge on any atom is -0.338 e. The molecule has 3 aromatic rings. The van der Waals surface area contributed by atoms with Crippen molar-refractivity contribution in [2.24, 2.45) is 0 Å². The molecule has 3 rings (SSSR count). The largest absolute Gasteiger partial charge is 0.338 e. The zero-order chi connectivity index (χ0) is 22.2. The first-order valence-electron chi connectivity index (χ1n) is 10.5. The fraction of sp³-hybridized carbons (Fsp3) is 0.429. The molecule has 10 heteroatoms. The van der Waals surface area contributed by atoms with E-state index in [1.54, 1.807) is 0 Å². The molecule has 166 valence electrons. The number of aryl methyl sites for hydroxylation is 1. The molecule has 0 bridgehead atoms. The Kier molecular flexibility index (Phi) is 7.88. The van der Waals surface area contributed by atoms with Crippen molar-refractivity contribution in [2.75, 3.05) is 6.54 Å². The van der Waals surface area contributed by atoms with Gasteiger partial charge in [-0.3, -0.25) is 13.9 Å². The van der Waals surface area contributed by atoms with Crippen LogP contribution in [0.15, 0.2) is 39.9 Å². The van der Waals surface area contributed by atoms with E-state index >= 15 is 0 Å².